The second-order valence-electron chi connectivity index (χ2n) is 7.40. The molecule has 3 aromatic rings. The first-order chi connectivity index (χ1) is 12.6. The fourth-order valence-electron chi connectivity index (χ4n) is 3.68. The van der Waals surface area contributed by atoms with Gasteiger partial charge in [-0.15, -0.1) is 5.10 Å². The number of piperidine rings is 1. The highest BCUT2D eigenvalue weighted by atomic mass is 32.1. The van der Waals surface area contributed by atoms with Crippen molar-refractivity contribution in [3.05, 3.63) is 46.1 Å². The molecule has 138 valence electrons. The normalized spacial score (nSPS) is 17.8. The number of likely N-dealkylation sites (tertiary alicyclic amines) is 1. The standard InChI is InChI=1S/C20H26N4OS/c1-4-16-21-20-24(22-16)19(25)18(26-20)17(15-7-5-13(2)6-8-15)23-11-9-14(3)10-12-23/h5-8,14,17,25H,4,9-12H2,1-3H3/t17-/m1/s1. The Morgan fingerprint density at radius 1 is 1.23 bits per heavy atom. The Bertz CT molecular complexity index is 891. The number of aryl methyl sites for hydroxylation is 2. The van der Waals surface area contributed by atoms with E-state index >= 15 is 0 Å². The number of fused-ring (bicyclic) bond motifs is 1. The van der Waals surface area contributed by atoms with Crippen LogP contribution in [-0.2, 0) is 6.42 Å². The lowest BCUT2D eigenvalue weighted by atomic mass is 9.95. The fourth-order valence-corrected chi connectivity index (χ4v) is 4.82. The molecule has 0 saturated carbocycles. The number of nitrogens with zero attached hydrogens (tertiary/aromatic N) is 4. The zero-order valence-corrected chi connectivity index (χ0v) is 16.5. The second kappa shape index (κ2) is 7.00. The maximum atomic E-state index is 10.9. The number of hydrogen-bond acceptors (Lipinski definition) is 5. The number of hydrogen-bond donors (Lipinski definition) is 1. The van der Waals surface area contributed by atoms with Gasteiger partial charge in [0, 0.05) is 6.42 Å². The van der Waals surface area contributed by atoms with Crippen molar-refractivity contribution in [1.29, 1.82) is 0 Å². The van der Waals surface area contributed by atoms with Crippen LogP contribution in [-0.4, -0.2) is 37.7 Å². The molecule has 1 fully saturated rings. The highest BCUT2D eigenvalue weighted by Gasteiger charge is 2.31. The third-order valence-corrected chi connectivity index (χ3v) is 6.46. The molecule has 1 aromatic carbocycles. The number of thiazole rings is 1. The van der Waals surface area contributed by atoms with E-state index in [4.69, 9.17) is 0 Å². The lowest BCUT2D eigenvalue weighted by Gasteiger charge is -2.36. The number of aromatic hydroxyl groups is 1. The van der Waals surface area contributed by atoms with E-state index < -0.39 is 0 Å². The molecule has 6 heteroatoms. The molecule has 0 amide bonds. The highest BCUT2D eigenvalue weighted by molar-refractivity contribution is 7.17. The fraction of sp³-hybridized carbons (Fsp3) is 0.500. The molecule has 0 bridgehead atoms. The first-order valence-electron chi connectivity index (χ1n) is 9.44. The van der Waals surface area contributed by atoms with Crippen LogP contribution < -0.4 is 0 Å². The van der Waals surface area contributed by atoms with Gasteiger partial charge in [0.15, 0.2) is 5.82 Å². The maximum absolute atomic E-state index is 10.9. The molecule has 0 radical (unpaired) electrons. The maximum Gasteiger partial charge on any atom is 0.230 e. The summed E-state index contributed by atoms with van der Waals surface area (Å²) in [6.07, 6.45) is 3.17. The topological polar surface area (TPSA) is 53.7 Å². The van der Waals surface area contributed by atoms with Crippen LogP contribution in [0.4, 0.5) is 0 Å². The van der Waals surface area contributed by atoms with E-state index in [1.807, 2.05) is 6.92 Å². The SMILES string of the molecule is CCc1nc2sc([C@@H](c3ccc(C)cc3)N3CCC(C)CC3)c(O)n2n1. The second-order valence-corrected chi connectivity index (χ2v) is 8.41. The van der Waals surface area contributed by atoms with Gasteiger partial charge in [0.1, 0.15) is 0 Å². The Kier molecular flexibility index (Phi) is 4.71. The van der Waals surface area contributed by atoms with Gasteiger partial charge in [-0.25, -0.2) is 4.98 Å². The predicted octanol–water partition coefficient (Wildman–Crippen LogP) is 4.19. The van der Waals surface area contributed by atoms with E-state index in [9.17, 15) is 5.11 Å². The summed E-state index contributed by atoms with van der Waals surface area (Å²) in [4.78, 5) is 8.77. The molecule has 3 heterocycles. The minimum atomic E-state index is 0.0571. The highest BCUT2D eigenvalue weighted by Crippen LogP contribution is 2.41. The van der Waals surface area contributed by atoms with E-state index in [1.165, 1.54) is 24.0 Å². The molecule has 4 rings (SSSR count). The molecule has 1 atom stereocenters. The van der Waals surface area contributed by atoms with Crippen molar-refractivity contribution in [2.75, 3.05) is 13.1 Å². The van der Waals surface area contributed by atoms with Crippen molar-refractivity contribution in [3.8, 4) is 5.88 Å². The Morgan fingerprint density at radius 3 is 2.54 bits per heavy atom. The lowest BCUT2D eigenvalue weighted by Crippen LogP contribution is -2.36. The molecule has 1 aliphatic heterocycles. The van der Waals surface area contributed by atoms with Crippen molar-refractivity contribution in [2.45, 2.75) is 46.1 Å². The lowest BCUT2D eigenvalue weighted by molar-refractivity contribution is 0.157. The molecule has 1 saturated heterocycles. The van der Waals surface area contributed by atoms with E-state index in [-0.39, 0.29) is 11.9 Å². The van der Waals surface area contributed by atoms with Crippen LogP contribution >= 0.6 is 11.3 Å². The van der Waals surface area contributed by atoms with E-state index in [2.05, 4.69) is 53.1 Å². The Labute approximate surface area is 158 Å². The van der Waals surface area contributed by atoms with E-state index in [0.717, 1.165) is 41.1 Å². The Morgan fingerprint density at radius 2 is 1.92 bits per heavy atom. The first-order valence-corrected chi connectivity index (χ1v) is 10.3. The van der Waals surface area contributed by atoms with Gasteiger partial charge in [-0.3, -0.25) is 4.90 Å². The summed E-state index contributed by atoms with van der Waals surface area (Å²) in [6, 6.07) is 8.73. The van der Waals surface area contributed by atoms with Gasteiger partial charge in [-0.2, -0.15) is 4.52 Å². The monoisotopic (exact) mass is 370 g/mol. The summed E-state index contributed by atoms with van der Waals surface area (Å²) < 4.78 is 1.60. The minimum Gasteiger partial charge on any atom is -0.492 e. The van der Waals surface area contributed by atoms with Gasteiger partial charge >= 0.3 is 0 Å². The molecular formula is C20H26N4OS. The van der Waals surface area contributed by atoms with Crippen LogP contribution in [0.5, 0.6) is 5.88 Å². The summed E-state index contributed by atoms with van der Waals surface area (Å²) >= 11 is 1.56. The van der Waals surface area contributed by atoms with Crippen molar-refractivity contribution >= 4 is 16.3 Å². The van der Waals surface area contributed by atoms with Crippen molar-refractivity contribution < 1.29 is 5.11 Å². The van der Waals surface area contributed by atoms with E-state index in [0.29, 0.717) is 0 Å². The predicted molar refractivity (Wildman–Crippen MR) is 105 cm³/mol. The van der Waals surface area contributed by atoms with Crippen LogP contribution in [0.2, 0.25) is 0 Å². The van der Waals surface area contributed by atoms with Gasteiger partial charge in [0.25, 0.3) is 0 Å². The van der Waals surface area contributed by atoms with Crippen LogP contribution in [0.25, 0.3) is 4.96 Å². The molecular weight excluding hydrogens is 344 g/mol. The molecule has 26 heavy (non-hydrogen) atoms. The molecule has 0 spiro atoms. The number of aromatic nitrogens is 3. The summed E-state index contributed by atoms with van der Waals surface area (Å²) in [6.45, 7) is 8.56. The Hall–Kier alpha value is -1.92. The third kappa shape index (κ3) is 3.12. The summed E-state index contributed by atoms with van der Waals surface area (Å²) in [5, 5.41) is 15.4. The van der Waals surface area contributed by atoms with Gasteiger partial charge in [-0.1, -0.05) is 55.0 Å². The van der Waals surface area contributed by atoms with Crippen LogP contribution in [0.1, 0.15) is 54.6 Å². The van der Waals surface area contributed by atoms with Gasteiger partial charge in [0.2, 0.25) is 10.8 Å². The number of rotatable bonds is 4. The Balaban J connectivity index is 1.78. The van der Waals surface area contributed by atoms with Crippen molar-refractivity contribution in [1.82, 2.24) is 19.5 Å². The molecule has 0 unspecified atom stereocenters. The molecule has 0 aliphatic carbocycles. The first kappa shape index (κ1) is 17.5. The quantitative estimate of drug-likeness (QED) is 0.748. The summed E-state index contributed by atoms with van der Waals surface area (Å²) in [5.74, 6) is 1.78. The van der Waals surface area contributed by atoms with Crippen molar-refractivity contribution in [2.24, 2.45) is 5.92 Å². The van der Waals surface area contributed by atoms with Crippen LogP contribution in [0.15, 0.2) is 24.3 Å². The zero-order chi connectivity index (χ0) is 18.3. The average Bonchev–Trinajstić information content (AvgIpc) is 3.18. The summed E-state index contributed by atoms with van der Waals surface area (Å²) in [5.41, 5.74) is 2.47. The van der Waals surface area contributed by atoms with Crippen molar-refractivity contribution in [3.63, 3.8) is 0 Å². The minimum absolute atomic E-state index is 0.0571. The largest absolute Gasteiger partial charge is 0.492 e. The zero-order valence-electron chi connectivity index (χ0n) is 15.6. The third-order valence-electron chi connectivity index (χ3n) is 5.38. The number of benzene rings is 1. The van der Waals surface area contributed by atoms with E-state index in [1.54, 1.807) is 15.9 Å². The van der Waals surface area contributed by atoms with Gasteiger partial charge < -0.3 is 5.11 Å². The molecule has 1 N–H and O–H groups in total. The molecule has 1 aliphatic rings. The molecule has 2 aromatic heterocycles. The average molecular weight is 371 g/mol. The smallest absolute Gasteiger partial charge is 0.230 e. The van der Waals surface area contributed by atoms with Crippen LogP contribution in [0, 0.1) is 12.8 Å². The molecule has 5 nitrogen and oxygen atoms in total. The van der Waals surface area contributed by atoms with Crippen LogP contribution in [0.3, 0.4) is 0 Å². The summed E-state index contributed by atoms with van der Waals surface area (Å²) in [7, 11) is 0. The van der Waals surface area contributed by atoms with Gasteiger partial charge in [0.05, 0.1) is 10.9 Å². The van der Waals surface area contributed by atoms with Gasteiger partial charge in [-0.05, 0) is 44.3 Å².